The first-order chi connectivity index (χ1) is 8.75. The summed E-state index contributed by atoms with van der Waals surface area (Å²) in [6.07, 6.45) is -0.120. The molecule has 2 atom stereocenters. The maximum absolute atomic E-state index is 12.4. The number of rotatable bonds is 0. The average molecular weight is 236 g/mol. The predicted octanol–water partition coefficient (Wildman–Crippen LogP) is 3.41. The first kappa shape index (κ1) is 9.89. The molecule has 0 amide bonds. The molecule has 0 saturated heterocycles. The molecule has 0 aromatic heterocycles. The van der Waals surface area contributed by atoms with Gasteiger partial charge in [0.05, 0.1) is 5.92 Å². The fourth-order valence-corrected chi connectivity index (χ4v) is 3.03. The van der Waals surface area contributed by atoms with Gasteiger partial charge in [0.15, 0.2) is 5.78 Å². The van der Waals surface area contributed by atoms with Crippen molar-refractivity contribution in [2.75, 3.05) is 0 Å². The minimum atomic E-state index is -0.141. The van der Waals surface area contributed by atoms with Crippen LogP contribution in [0.3, 0.4) is 0 Å². The molecule has 2 aromatic carbocycles. The number of benzene rings is 2. The van der Waals surface area contributed by atoms with E-state index in [0.29, 0.717) is 0 Å². The molecule has 1 aliphatic carbocycles. The number of ketones is 1. The lowest BCUT2D eigenvalue weighted by atomic mass is 9.94. The quantitative estimate of drug-likeness (QED) is 0.700. The predicted molar refractivity (Wildman–Crippen MR) is 68.1 cm³/mol. The maximum Gasteiger partial charge on any atom is 0.174 e. The van der Waals surface area contributed by atoms with Gasteiger partial charge in [-0.25, -0.2) is 0 Å². The first-order valence-corrected chi connectivity index (χ1v) is 6.16. The third-order valence-corrected chi connectivity index (χ3v) is 3.88. The van der Waals surface area contributed by atoms with E-state index in [4.69, 9.17) is 4.74 Å². The van der Waals surface area contributed by atoms with Crippen LogP contribution in [0.2, 0.25) is 0 Å². The molecule has 18 heavy (non-hydrogen) atoms. The summed E-state index contributed by atoms with van der Waals surface area (Å²) >= 11 is 0. The van der Waals surface area contributed by atoms with Gasteiger partial charge in [0.25, 0.3) is 0 Å². The molecule has 4 rings (SSSR count). The number of aryl methyl sites for hydroxylation is 1. The zero-order valence-electron chi connectivity index (χ0n) is 10.0. The van der Waals surface area contributed by atoms with Crippen molar-refractivity contribution in [1.82, 2.24) is 0 Å². The number of ether oxygens (including phenoxy) is 1. The molecule has 0 N–H and O–H groups in total. The van der Waals surface area contributed by atoms with Crippen LogP contribution < -0.4 is 4.74 Å². The van der Waals surface area contributed by atoms with E-state index in [1.165, 1.54) is 0 Å². The van der Waals surface area contributed by atoms with Crippen LogP contribution in [0.4, 0.5) is 0 Å². The zero-order chi connectivity index (χ0) is 12.3. The van der Waals surface area contributed by atoms with Crippen molar-refractivity contribution in [2.24, 2.45) is 0 Å². The summed E-state index contributed by atoms with van der Waals surface area (Å²) in [4.78, 5) is 12.4. The minimum absolute atomic E-state index is 0.120. The molecule has 1 heterocycles. The summed E-state index contributed by atoms with van der Waals surface area (Å²) in [5.41, 5.74) is 4.04. The van der Waals surface area contributed by atoms with Crippen LogP contribution >= 0.6 is 0 Å². The van der Waals surface area contributed by atoms with E-state index >= 15 is 0 Å². The molecule has 0 radical (unpaired) electrons. The standard InChI is InChI=1S/C16H12O2/c1-9-6-7-12-13(8-9)18-16-11-5-3-2-4-10(11)15(17)14(12)16/h2-8,14,16H,1H3. The van der Waals surface area contributed by atoms with Crippen LogP contribution in [0.5, 0.6) is 5.75 Å². The topological polar surface area (TPSA) is 26.3 Å². The van der Waals surface area contributed by atoms with Crippen molar-refractivity contribution in [1.29, 1.82) is 0 Å². The van der Waals surface area contributed by atoms with Crippen molar-refractivity contribution >= 4 is 5.78 Å². The molecule has 2 heteroatoms. The molecule has 0 saturated carbocycles. The van der Waals surface area contributed by atoms with Crippen LogP contribution in [0.1, 0.15) is 39.1 Å². The molecule has 1 aliphatic heterocycles. The van der Waals surface area contributed by atoms with Crippen LogP contribution in [-0.4, -0.2) is 5.78 Å². The van der Waals surface area contributed by atoms with E-state index in [-0.39, 0.29) is 17.8 Å². The molecular formula is C16H12O2. The average Bonchev–Trinajstić information content (AvgIpc) is 2.87. The third-order valence-electron chi connectivity index (χ3n) is 3.88. The van der Waals surface area contributed by atoms with Crippen molar-refractivity contribution in [3.05, 3.63) is 64.7 Å². The molecular weight excluding hydrogens is 224 g/mol. The lowest BCUT2D eigenvalue weighted by molar-refractivity contribution is 0.0934. The first-order valence-electron chi connectivity index (χ1n) is 6.16. The molecule has 88 valence electrons. The number of hydrogen-bond donors (Lipinski definition) is 0. The van der Waals surface area contributed by atoms with Gasteiger partial charge in [-0.05, 0) is 18.6 Å². The molecule has 2 aromatic rings. The lowest BCUT2D eigenvalue weighted by Crippen LogP contribution is -2.07. The Labute approximate surface area is 105 Å². The van der Waals surface area contributed by atoms with Gasteiger partial charge in [-0.1, -0.05) is 36.4 Å². The monoisotopic (exact) mass is 236 g/mol. The van der Waals surface area contributed by atoms with E-state index in [0.717, 1.165) is 28.0 Å². The summed E-state index contributed by atoms with van der Waals surface area (Å²) in [6.45, 7) is 2.04. The Kier molecular flexibility index (Phi) is 1.77. The largest absolute Gasteiger partial charge is 0.484 e. The smallest absolute Gasteiger partial charge is 0.174 e. The Morgan fingerprint density at radius 2 is 1.89 bits per heavy atom. The number of hydrogen-bond acceptors (Lipinski definition) is 2. The molecule has 2 unspecified atom stereocenters. The number of carbonyl (C=O) groups excluding carboxylic acids is 1. The van der Waals surface area contributed by atoms with Gasteiger partial charge in [0.1, 0.15) is 11.9 Å². The SMILES string of the molecule is Cc1ccc2c(c1)OC1c3ccccc3C(=O)C21. The summed E-state index contributed by atoms with van der Waals surface area (Å²) < 4.78 is 5.99. The molecule has 0 spiro atoms. The van der Waals surface area contributed by atoms with Gasteiger partial charge in [-0.3, -0.25) is 4.79 Å². The van der Waals surface area contributed by atoms with Crippen LogP contribution in [0.25, 0.3) is 0 Å². The Morgan fingerprint density at radius 3 is 2.78 bits per heavy atom. The normalized spacial score (nSPS) is 23.3. The fraction of sp³-hybridized carbons (Fsp3) is 0.188. The van der Waals surface area contributed by atoms with Crippen LogP contribution in [-0.2, 0) is 0 Å². The highest BCUT2D eigenvalue weighted by molar-refractivity contribution is 6.07. The lowest BCUT2D eigenvalue weighted by Gasteiger charge is -2.09. The minimum Gasteiger partial charge on any atom is -0.484 e. The van der Waals surface area contributed by atoms with Gasteiger partial charge in [0.2, 0.25) is 0 Å². The highest BCUT2D eigenvalue weighted by atomic mass is 16.5. The van der Waals surface area contributed by atoms with Gasteiger partial charge in [-0.2, -0.15) is 0 Å². The summed E-state index contributed by atoms with van der Waals surface area (Å²) in [5.74, 6) is 0.920. The molecule has 0 fully saturated rings. The Morgan fingerprint density at radius 1 is 1.06 bits per heavy atom. The second-order valence-corrected chi connectivity index (χ2v) is 5.01. The second-order valence-electron chi connectivity index (χ2n) is 5.01. The highest BCUT2D eigenvalue weighted by Crippen LogP contribution is 2.52. The van der Waals surface area contributed by atoms with E-state index in [1.807, 2.05) is 49.4 Å². The zero-order valence-corrected chi connectivity index (χ0v) is 10.0. The van der Waals surface area contributed by atoms with E-state index in [2.05, 4.69) is 0 Å². The van der Waals surface area contributed by atoms with E-state index in [9.17, 15) is 4.79 Å². The van der Waals surface area contributed by atoms with Crippen molar-refractivity contribution in [2.45, 2.75) is 18.9 Å². The highest BCUT2D eigenvalue weighted by Gasteiger charge is 2.47. The summed E-state index contributed by atoms with van der Waals surface area (Å²) in [6, 6.07) is 13.9. The number of fused-ring (bicyclic) bond motifs is 5. The van der Waals surface area contributed by atoms with Crippen LogP contribution in [0, 0.1) is 6.92 Å². The van der Waals surface area contributed by atoms with Crippen molar-refractivity contribution < 1.29 is 9.53 Å². The molecule has 2 aliphatic rings. The Hall–Kier alpha value is -2.09. The summed E-state index contributed by atoms with van der Waals surface area (Å²) in [7, 11) is 0. The van der Waals surface area contributed by atoms with Gasteiger partial charge >= 0.3 is 0 Å². The number of carbonyl (C=O) groups is 1. The Bertz CT molecular complexity index is 673. The van der Waals surface area contributed by atoms with Gasteiger partial charge in [0, 0.05) is 16.7 Å². The van der Waals surface area contributed by atoms with Crippen LogP contribution in [0.15, 0.2) is 42.5 Å². The van der Waals surface area contributed by atoms with E-state index in [1.54, 1.807) is 0 Å². The maximum atomic E-state index is 12.4. The van der Waals surface area contributed by atoms with Gasteiger partial charge in [-0.15, -0.1) is 0 Å². The van der Waals surface area contributed by atoms with Crippen molar-refractivity contribution in [3.63, 3.8) is 0 Å². The second kappa shape index (κ2) is 3.22. The Balaban J connectivity index is 1.91. The molecule has 2 nitrogen and oxygen atoms in total. The molecule has 0 bridgehead atoms. The van der Waals surface area contributed by atoms with E-state index < -0.39 is 0 Å². The van der Waals surface area contributed by atoms with Gasteiger partial charge < -0.3 is 4.74 Å². The fourth-order valence-electron chi connectivity index (χ4n) is 3.03. The van der Waals surface area contributed by atoms with Crippen molar-refractivity contribution in [3.8, 4) is 5.75 Å². The third kappa shape index (κ3) is 1.10. The number of Topliss-reactive ketones (excluding diaryl/α,β-unsaturated/α-hetero) is 1. The summed E-state index contributed by atoms with van der Waals surface area (Å²) in [5, 5.41) is 0.